The molecule has 1 N–H and O–H groups in total. The SMILES string of the molecule is Cc1nn(C)c(COc2c(F)cccc2C(=O)O)c1Cl. The number of aromatic carboxylic acids is 1. The monoisotopic (exact) mass is 298 g/mol. The fourth-order valence-corrected chi connectivity index (χ4v) is 2.02. The molecule has 1 aromatic carbocycles. The molecule has 0 saturated carbocycles. The largest absolute Gasteiger partial charge is 0.483 e. The normalized spacial score (nSPS) is 10.6. The van der Waals surface area contributed by atoms with E-state index in [4.69, 9.17) is 21.4 Å². The molecule has 0 bridgehead atoms. The molecule has 2 aromatic rings. The van der Waals surface area contributed by atoms with Crippen molar-refractivity contribution in [3.05, 3.63) is 46.0 Å². The van der Waals surface area contributed by atoms with Crippen molar-refractivity contribution < 1.29 is 19.0 Å². The summed E-state index contributed by atoms with van der Waals surface area (Å²) in [5.41, 5.74) is 0.934. The van der Waals surface area contributed by atoms with Crippen molar-refractivity contribution in [2.75, 3.05) is 0 Å². The molecule has 1 heterocycles. The Hall–Kier alpha value is -2.08. The fourth-order valence-electron chi connectivity index (χ4n) is 1.80. The topological polar surface area (TPSA) is 64.4 Å². The van der Waals surface area contributed by atoms with Crippen molar-refractivity contribution in [3.63, 3.8) is 0 Å². The number of benzene rings is 1. The number of carboxylic acid groups (broad SMARTS) is 1. The summed E-state index contributed by atoms with van der Waals surface area (Å²) >= 11 is 6.05. The maximum absolute atomic E-state index is 13.7. The van der Waals surface area contributed by atoms with Gasteiger partial charge in [-0.15, -0.1) is 0 Å². The molecule has 1 aromatic heterocycles. The van der Waals surface area contributed by atoms with Crippen LogP contribution in [0.15, 0.2) is 18.2 Å². The van der Waals surface area contributed by atoms with Gasteiger partial charge in [0.15, 0.2) is 11.6 Å². The number of aromatic nitrogens is 2. The lowest BCUT2D eigenvalue weighted by molar-refractivity contribution is 0.0690. The molecule has 0 amide bonds. The lowest BCUT2D eigenvalue weighted by Gasteiger charge is -2.10. The third-order valence-electron chi connectivity index (χ3n) is 2.81. The molecule has 20 heavy (non-hydrogen) atoms. The van der Waals surface area contributed by atoms with E-state index in [1.165, 1.54) is 16.8 Å². The predicted octanol–water partition coefficient (Wildman–Crippen LogP) is 2.80. The van der Waals surface area contributed by atoms with Gasteiger partial charge in [0.1, 0.15) is 12.2 Å². The van der Waals surface area contributed by atoms with E-state index in [0.29, 0.717) is 16.4 Å². The maximum atomic E-state index is 13.7. The van der Waals surface area contributed by atoms with Crippen LogP contribution in [0.4, 0.5) is 4.39 Å². The highest BCUT2D eigenvalue weighted by molar-refractivity contribution is 6.31. The molecule has 0 aliphatic carbocycles. The maximum Gasteiger partial charge on any atom is 0.339 e. The zero-order chi connectivity index (χ0) is 14.9. The number of ether oxygens (including phenoxy) is 1. The van der Waals surface area contributed by atoms with E-state index in [1.807, 2.05) is 0 Å². The van der Waals surface area contributed by atoms with E-state index >= 15 is 0 Å². The molecule has 106 valence electrons. The standard InChI is InChI=1S/C13H12ClFN2O3/c1-7-11(14)10(17(2)16-7)6-20-12-8(13(18)19)4-3-5-9(12)15/h3-5H,6H2,1-2H3,(H,18,19). The molecule has 5 nitrogen and oxygen atoms in total. The Morgan fingerprint density at radius 3 is 2.80 bits per heavy atom. The second kappa shape index (κ2) is 5.50. The van der Waals surface area contributed by atoms with Gasteiger partial charge < -0.3 is 9.84 Å². The summed E-state index contributed by atoms with van der Waals surface area (Å²) in [6.45, 7) is 1.66. The number of carboxylic acids is 1. The highest BCUT2D eigenvalue weighted by atomic mass is 35.5. The zero-order valence-corrected chi connectivity index (χ0v) is 11.6. The van der Waals surface area contributed by atoms with Gasteiger partial charge in [-0.3, -0.25) is 4.68 Å². The van der Waals surface area contributed by atoms with Crippen molar-refractivity contribution >= 4 is 17.6 Å². The number of rotatable bonds is 4. The van der Waals surface area contributed by atoms with Gasteiger partial charge in [0, 0.05) is 7.05 Å². The first kappa shape index (κ1) is 14.3. The van der Waals surface area contributed by atoms with E-state index in [1.54, 1.807) is 14.0 Å². The summed E-state index contributed by atoms with van der Waals surface area (Å²) < 4.78 is 20.5. The Morgan fingerprint density at radius 1 is 1.55 bits per heavy atom. The van der Waals surface area contributed by atoms with Crippen LogP contribution >= 0.6 is 11.6 Å². The van der Waals surface area contributed by atoms with Gasteiger partial charge in [0.2, 0.25) is 0 Å². The second-order valence-electron chi connectivity index (χ2n) is 4.18. The number of aryl methyl sites for hydroxylation is 2. The minimum atomic E-state index is -1.26. The third-order valence-corrected chi connectivity index (χ3v) is 3.30. The van der Waals surface area contributed by atoms with Crippen molar-refractivity contribution in [1.29, 1.82) is 0 Å². The van der Waals surface area contributed by atoms with Crippen molar-refractivity contribution in [3.8, 4) is 5.75 Å². The van der Waals surface area contributed by atoms with Crippen LogP contribution in [0.25, 0.3) is 0 Å². The van der Waals surface area contributed by atoms with Crippen LogP contribution in [-0.2, 0) is 13.7 Å². The highest BCUT2D eigenvalue weighted by Crippen LogP contribution is 2.26. The molecule has 0 aliphatic rings. The summed E-state index contributed by atoms with van der Waals surface area (Å²) in [6, 6.07) is 3.72. The van der Waals surface area contributed by atoms with E-state index < -0.39 is 11.8 Å². The van der Waals surface area contributed by atoms with Crippen LogP contribution < -0.4 is 4.74 Å². The third kappa shape index (κ3) is 2.60. The van der Waals surface area contributed by atoms with Crippen LogP contribution in [0.1, 0.15) is 21.7 Å². The fraction of sp³-hybridized carbons (Fsp3) is 0.231. The molecule has 2 rings (SSSR count). The minimum Gasteiger partial charge on any atom is -0.483 e. The van der Waals surface area contributed by atoms with Gasteiger partial charge in [0.05, 0.1) is 16.4 Å². The molecule has 0 aliphatic heterocycles. The smallest absolute Gasteiger partial charge is 0.339 e. The van der Waals surface area contributed by atoms with E-state index in [9.17, 15) is 9.18 Å². The van der Waals surface area contributed by atoms with Crippen LogP contribution in [0.5, 0.6) is 5.75 Å². The molecule has 0 radical (unpaired) electrons. The second-order valence-corrected chi connectivity index (χ2v) is 4.56. The summed E-state index contributed by atoms with van der Waals surface area (Å²) in [6.07, 6.45) is 0. The van der Waals surface area contributed by atoms with Crippen molar-refractivity contribution in [1.82, 2.24) is 9.78 Å². The van der Waals surface area contributed by atoms with Gasteiger partial charge in [-0.1, -0.05) is 17.7 Å². The van der Waals surface area contributed by atoms with Gasteiger partial charge in [0.25, 0.3) is 0 Å². The Bertz CT molecular complexity index is 670. The minimum absolute atomic E-state index is 0.0720. The first-order valence-electron chi connectivity index (χ1n) is 5.74. The van der Waals surface area contributed by atoms with E-state index in [2.05, 4.69) is 5.10 Å². The van der Waals surface area contributed by atoms with Gasteiger partial charge in [-0.25, -0.2) is 9.18 Å². The Labute approximate surface area is 119 Å². The average molecular weight is 299 g/mol. The van der Waals surface area contributed by atoms with E-state index in [-0.39, 0.29) is 17.9 Å². The molecule has 0 spiro atoms. The molecular formula is C13H12ClFN2O3. The van der Waals surface area contributed by atoms with E-state index in [0.717, 1.165) is 6.07 Å². The van der Waals surface area contributed by atoms with Gasteiger partial charge >= 0.3 is 5.97 Å². The first-order chi connectivity index (χ1) is 9.41. The Morgan fingerprint density at radius 2 is 2.25 bits per heavy atom. The number of para-hydroxylation sites is 1. The average Bonchev–Trinajstić information content (AvgIpc) is 2.62. The number of nitrogens with zero attached hydrogens (tertiary/aromatic N) is 2. The number of hydrogen-bond donors (Lipinski definition) is 1. The predicted molar refractivity (Wildman–Crippen MR) is 70.6 cm³/mol. The first-order valence-corrected chi connectivity index (χ1v) is 6.12. The van der Waals surface area contributed by atoms with Crippen molar-refractivity contribution in [2.24, 2.45) is 7.05 Å². The molecule has 0 saturated heterocycles. The lowest BCUT2D eigenvalue weighted by Crippen LogP contribution is -2.08. The number of halogens is 2. The summed E-state index contributed by atoms with van der Waals surface area (Å²) in [4.78, 5) is 11.0. The summed E-state index contributed by atoms with van der Waals surface area (Å²) in [5, 5.41) is 13.5. The Balaban J connectivity index is 2.30. The molecule has 0 fully saturated rings. The zero-order valence-electron chi connectivity index (χ0n) is 10.9. The Kier molecular flexibility index (Phi) is 3.94. The van der Waals surface area contributed by atoms with Gasteiger partial charge in [-0.05, 0) is 19.1 Å². The molecule has 7 heteroatoms. The summed E-state index contributed by atoms with van der Waals surface area (Å²) in [7, 11) is 1.68. The van der Waals surface area contributed by atoms with Gasteiger partial charge in [-0.2, -0.15) is 5.10 Å². The van der Waals surface area contributed by atoms with Crippen molar-refractivity contribution in [2.45, 2.75) is 13.5 Å². The lowest BCUT2D eigenvalue weighted by atomic mass is 10.2. The van der Waals surface area contributed by atoms with Crippen LogP contribution in [0, 0.1) is 12.7 Å². The van der Waals surface area contributed by atoms with Crippen LogP contribution in [0.2, 0.25) is 5.02 Å². The molecule has 0 unspecified atom stereocenters. The molecular weight excluding hydrogens is 287 g/mol. The summed E-state index contributed by atoms with van der Waals surface area (Å²) in [5.74, 6) is -2.30. The van der Waals surface area contributed by atoms with Crippen LogP contribution in [-0.4, -0.2) is 20.9 Å². The quantitative estimate of drug-likeness (QED) is 0.942. The number of carbonyl (C=O) groups is 1. The highest BCUT2D eigenvalue weighted by Gasteiger charge is 2.18. The number of hydrogen-bond acceptors (Lipinski definition) is 3. The van der Waals surface area contributed by atoms with Crippen LogP contribution in [0.3, 0.4) is 0 Å². The molecule has 0 atom stereocenters.